The van der Waals surface area contributed by atoms with Crippen molar-refractivity contribution in [1.82, 2.24) is 10.4 Å². The zero-order valence-corrected chi connectivity index (χ0v) is 13.1. The fourth-order valence-electron chi connectivity index (χ4n) is 5.63. The third-order valence-corrected chi connectivity index (χ3v) is 6.40. The van der Waals surface area contributed by atoms with E-state index in [2.05, 4.69) is 15.8 Å². The van der Waals surface area contributed by atoms with E-state index in [1.54, 1.807) is 6.20 Å². The molecule has 2 aromatic rings. The average Bonchev–Trinajstić information content (AvgIpc) is 2.98. The van der Waals surface area contributed by atoms with Crippen LogP contribution in [0.15, 0.2) is 36.5 Å². The second-order valence-corrected chi connectivity index (χ2v) is 7.66. The number of carbonyl (C=O) groups is 1. The van der Waals surface area contributed by atoms with Crippen molar-refractivity contribution in [2.75, 3.05) is 5.43 Å². The van der Waals surface area contributed by atoms with Crippen LogP contribution in [-0.2, 0) is 4.79 Å². The number of nitrogens with one attached hydrogen (secondary N) is 2. The molecule has 4 nitrogen and oxygen atoms in total. The van der Waals surface area contributed by atoms with E-state index in [1.165, 1.54) is 19.3 Å². The minimum absolute atomic E-state index is 0.0938. The number of rotatable bonds is 3. The number of fused-ring (bicyclic) bond motifs is 1. The highest BCUT2D eigenvalue weighted by atomic mass is 16.2. The zero-order chi connectivity index (χ0) is 15.4. The molecule has 4 aliphatic carbocycles. The topological polar surface area (TPSA) is 54.0 Å². The maximum atomic E-state index is 12.9. The van der Waals surface area contributed by atoms with Crippen LogP contribution in [0.1, 0.15) is 32.1 Å². The molecule has 4 saturated carbocycles. The Morgan fingerprint density at radius 1 is 1.09 bits per heavy atom. The lowest BCUT2D eigenvalue weighted by Crippen LogP contribution is -2.44. The van der Waals surface area contributed by atoms with Gasteiger partial charge in [0.1, 0.15) is 0 Å². The summed E-state index contributed by atoms with van der Waals surface area (Å²) in [6, 6.07) is 9.88. The van der Waals surface area contributed by atoms with Crippen LogP contribution in [0.2, 0.25) is 0 Å². The van der Waals surface area contributed by atoms with Gasteiger partial charge in [0.05, 0.1) is 16.6 Å². The van der Waals surface area contributed by atoms with Crippen LogP contribution in [0.4, 0.5) is 5.69 Å². The molecule has 1 heterocycles. The summed E-state index contributed by atoms with van der Waals surface area (Å²) in [6.45, 7) is 0. The molecular weight excluding hydrogens is 286 g/mol. The van der Waals surface area contributed by atoms with Crippen molar-refractivity contribution >= 4 is 22.5 Å². The number of benzene rings is 1. The van der Waals surface area contributed by atoms with E-state index in [0.717, 1.165) is 41.3 Å². The summed E-state index contributed by atoms with van der Waals surface area (Å²) < 4.78 is 0. The van der Waals surface area contributed by atoms with Crippen LogP contribution >= 0.6 is 0 Å². The van der Waals surface area contributed by atoms with Gasteiger partial charge in [-0.05, 0) is 74.1 Å². The van der Waals surface area contributed by atoms with Crippen LogP contribution in [0.5, 0.6) is 0 Å². The average molecular weight is 307 g/mol. The molecule has 4 fully saturated rings. The third kappa shape index (κ3) is 1.90. The monoisotopic (exact) mass is 307 g/mol. The van der Waals surface area contributed by atoms with Gasteiger partial charge < -0.3 is 0 Å². The molecule has 6 rings (SSSR count). The Kier molecular flexibility index (Phi) is 2.73. The molecule has 4 bridgehead atoms. The summed E-state index contributed by atoms with van der Waals surface area (Å²) in [5.41, 5.74) is 7.94. The van der Waals surface area contributed by atoms with Gasteiger partial charge in [0, 0.05) is 11.6 Å². The highest BCUT2D eigenvalue weighted by Gasteiger charge is 2.61. The fourth-order valence-corrected chi connectivity index (χ4v) is 5.63. The number of anilines is 1. The smallest absolute Gasteiger partial charge is 0.244 e. The predicted octanol–water partition coefficient (Wildman–Crippen LogP) is 3.50. The fraction of sp³-hybridized carbons (Fsp3) is 0.474. The maximum absolute atomic E-state index is 12.9. The molecular formula is C19H21N3O. The number of amides is 1. The van der Waals surface area contributed by atoms with E-state index in [1.807, 2.05) is 30.3 Å². The Morgan fingerprint density at radius 2 is 1.91 bits per heavy atom. The summed E-state index contributed by atoms with van der Waals surface area (Å²) in [4.78, 5) is 17.3. The van der Waals surface area contributed by atoms with Crippen molar-refractivity contribution < 1.29 is 4.79 Å². The van der Waals surface area contributed by atoms with Crippen molar-refractivity contribution in [2.24, 2.45) is 23.2 Å². The van der Waals surface area contributed by atoms with Gasteiger partial charge in [0.2, 0.25) is 5.91 Å². The molecule has 4 aliphatic rings. The molecule has 2 N–H and O–H groups in total. The van der Waals surface area contributed by atoms with E-state index in [9.17, 15) is 4.79 Å². The van der Waals surface area contributed by atoms with E-state index in [-0.39, 0.29) is 11.3 Å². The SMILES string of the molecule is O=C(NNc1cccc2ncccc12)C12CC3CC(CC1C3)C2. The Balaban J connectivity index is 1.37. The molecule has 0 aliphatic heterocycles. The van der Waals surface area contributed by atoms with Gasteiger partial charge >= 0.3 is 0 Å². The molecule has 1 aromatic carbocycles. The van der Waals surface area contributed by atoms with E-state index in [0.29, 0.717) is 5.92 Å². The summed E-state index contributed by atoms with van der Waals surface area (Å²) in [5.74, 6) is 2.40. The summed E-state index contributed by atoms with van der Waals surface area (Å²) in [6.07, 6.45) is 7.87. The molecule has 23 heavy (non-hydrogen) atoms. The normalized spacial score (nSPS) is 34.0. The first-order valence-electron chi connectivity index (χ1n) is 8.65. The van der Waals surface area contributed by atoms with E-state index < -0.39 is 0 Å². The van der Waals surface area contributed by atoms with E-state index in [4.69, 9.17) is 0 Å². The number of hydrogen-bond acceptors (Lipinski definition) is 3. The lowest BCUT2D eigenvalue weighted by Gasteiger charge is -2.31. The third-order valence-electron chi connectivity index (χ3n) is 6.40. The molecule has 1 aromatic heterocycles. The second-order valence-electron chi connectivity index (χ2n) is 7.66. The molecule has 0 saturated heterocycles. The summed E-state index contributed by atoms with van der Waals surface area (Å²) >= 11 is 0. The Bertz CT molecular complexity index is 768. The quantitative estimate of drug-likeness (QED) is 0.853. The number of nitrogens with zero attached hydrogens (tertiary/aromatic N) is 1. The lowest BCUT2D eigenvalue weighted by atomic mass is 9.75. The highest BCUT2D eigenvalue weighted by Crippen LogP contribution is 2.65. The predicted molar refractivity (Wildman–Crippen MR) is 89.5 cm³/mol. The van der Waals surface area contributed by atoms with Gasteiger partial charge in [-0.25, -0.2) is 0 Å². The molecule has 1 amide bonds. The first-order valence-corrected chi connectivity index (χ1v) is 8.65. The number of carbonyl (C=O) groups excluding carboxylic acids is 1. The van der Waals surface area contributed by atoms with Crippen LogP contribution in [-0.4, -0.2) is 10.9 Å². The summed E-state index contributed by atoms with van der Waals surface area (Å²) in [5, 5.41) is 1.03. The van der Waals surface area contributed by atoms with Crippen LogP contribution in [0.3, 0.4) is 0 Å². The first-order chi connectivity index (χ1) is 11.2. The minimum atomic E-state index is -0.0938. The van der Waals surface area contributed by atoms with Gasteiger partial charge in [-0.1, -0.05) is 6.07 Å². The Labute approximate surface area is 135 Å². The van der Waals surface area contributed by atoms with Gasteiger partial charge in [0.25, 0.3) is 0 Å². The van der Waals surface area contributed by atoms with Gasteiger partial charge in [-0.15, -0.1) is 0 Å². The molecule has 2 unspecified atom stereocenters. The minimum Gasteiger partial charge on any atom is -0.298 e. The van der Waals surface area contributed by atoms with Crippen molar-refractivity contribution in [3.63, 3.8) is 0 Å². The second kappa shape index (κ2) is 4.70. The van der Waals surface area contributed by atoms with Crippen molar-refractivity contribution in [3.05, 3.63) is 36.5 Å². The Morgan fingerprint density at radius 3 is 2.74 bits per heavy atom. The largest absolute Gasteiger partial charge is 0.298 e. The van der Waals surface area contributed by atoms with Gasteiger partial charge in [0.15, 0.2) is 0 Å². The molecule has 0 radical (unpaired) electrons. The van der Waals surface area contributed by atoms with Crippen molar-refractivity contribution in [1.29, 1.82) is 0 Å². The highest BCUT2D eigenvalue weighted by molar-refractivity contribution is 5.93. The summed E-state index contributed by atoms with van der Waals surface area (Å²) in [7, 11) is 0. The van der Waals surface area contributed by atoms with Crippen LogP contribution < -0.4 is 10.9 Å². The number of hydrogen-bond donors (Lipinski definition) is 2. The zero-order valence-electron chi connectivity index (χ0n) is 13.1. The number of aromatic nitrogens is 1. The standard InChI is InChI=1S/C19H21N3O/c23-18(19-10-12-7-13(11-19)9-14(19)8-12)22-21-17-5-1-4-16-15(17)3-2-6-20-16/h1-6,12-14,21H,7-11H2,(H,22,23). The first kappa shape index (κ1) is 13.3. The molecule has 2 atom stereocenters. The van der Waals surface area contributed by atoms with E-state index >= 15 is 0 Å². The van der Waals surface area contributed by atoms with Crippen LogP contribution in [0, 0.1) is 23.2 Å². The molecule has 118 valence electrons. The van der Waals surface area contributed by atoms with Crippen molar-refractivity contribution in [3.8, 4) is 0 Å². The maximum Gasteiger partial charge on any atom is 0.244 e. The molecule has 4 heteroatoms. The molecule has 0 spiro atoms. The number of hydrazine groups is 1. The number of pyridine rings is 1. The van der Waals surface area contributed by atoms with Gasteiger partial charge in [-0.3, -0.25) is 20.6 Å². The van der Waals surface area contributed by atoms with Gasteiger partial charge in [-0.2, -0.15) is 0 Å². The van der Waals surface area contributed by atoms with Crippen LogP contribution in [0.25, 0.3) is 10.9 Å². The van der Waals surface area contributed by atoms with Crippen molar-refractivity contribution in [2.45, 2.75) is 32.1 Å². The lowest BCUT2D eigenvalue weighted by molar-refractivity contribution is -0.132. The Hall–Kier alpha value is -2.10.